The molecule has 0 amide bonds. The van der Waals surface area contributed by atoms with Crippen LogP contribution in [0.15, 0.2) is 66.7 Å². The van der Waals surface area contributed by atoms with Crippen molar-refractivity contribution >= 4 is 11.4 Å². The summed E-state index contributed by atoms with van der Waals surface area (Å²) >= 11 is 0. The van der Waals surface area contributed by atoms with Gasteiger partial charge in [-0.05, 0) is 34.6 Å². The molecule has 0 aliphatic heterocycles. The number of carbonyl (C=O) groups is 1. The smallest absolute Gasteiger partial charge is 0.156 e. The fraction of sp³-hybridized carbons (Fsp3) is 0.211. The molecule has 0 saturated heterocycles. The van der Waals surface area contributed by atoms with Gasteiger partial charge in [0.25, 0.3) is 0 Å². The number of hydrogen-bond acceptors (Lipinski definition) is 1. The lowest BCUT2D eigenvalue weighted by molar-refractivity contribution is -0.115. The van der Waals surface area contributed by atoms with Crippen LogP contribution < -0.4 is 0 Å². The van der Waals surface area contributed by atoms with E-state index in [-0.39, 0.29) is 11.7 Å². The first-order valence-corrected chi connectivity index (χ1v) is 7.10. The van der Waals surface area contributed by atoms with Crippen molar-refractivity contribution in [2.24, 2.45) is 5.92 Å². The van der Waals surface area contributed by atoms with Gasteiger partial charge in [-0.2, -0.15) is 0 Å². The van der Waals surface area contributed by atoms with E-state index in [2.05, 4.69) is 31.2 Å². The molecule has 0 bridgehead atoms. The van der Waals surface area contributed by atoms with E-state index in [1.54, 1.807) is 0 Å². The second-order valence-electron chi connectivity index (χ2n) is 5.44. The van der Waals surface area contributed by atoms with Crippen molar-refractivity contribution < 1.29 is 4.79 Å². The molecule has 100 valence electrons. The molecule has 0 saturated carbocycles. The molecule has 0 N–H and O–H groups in total. The van der Waals surface area contributed by atoms with Crippen LogP contribution in [0, 0.1) is 5.92 Å². The van der Waals surface area contributed by atoms with Gasteiger partial charge >= 0.3 is 0 Å². The van der Waals surface area contributed by atoms with Crippen molar-refractivity contribution in [3.05, 3.63) is 77.9 Å². The molecular weight excluding hydrogens is 244 g/mol. The number of ketones is 1. The van der Waals surface area contributed by atoms with Gasteiger partial charge in [0.2, 0.25) is 0 Å². The lowest BCUT2D eigenvalue weighted by atomic mass is 9.73. The molecule has 0 fully saturated rings. The van der Waals surface area contributed by atoms with E-state index in [4.69, 9.17) is 0 Å². The van der Waals surface area contributed by atoms with Gasteiger partial charge in [-0.15, -0.1) is 0 Å². The van der Waals surface area contributed by atoms with Crippen molar-refractivity contribution in [1.29, 1.82) is 0 Å². The molecule has 2 aromatic rings. The predicted molar refractivity (Wildman–Crippen MR) is 82.4 cm³/mol. The molecule has 0 heterocycles. The van der Waals surface area contributed by atoms with Crippen LogP contribution >= 0.6 is 0 Å². The summed E-state index contributed by atoms with van der Waals surface area (Å²) in [4.78, 5) is 12.1. The molecule has 0 radical (unpaired) electrons. The van der Waals surface area contributed by atoms with E-state index < -0.39 is 0 Å². The third-order valence-electron chi connectivity index (χ3n) is 4.17. The minimum Gasteiger partial charge on any atom is -0.295 e. The Kier molecular flexibility index (Phi) is 3.51. The van der Waals surface area contributed by atoms with Gasteiger partial charge in [-0.25, -0.2) is 0 Å². The zero-order chi connectivity index (χ0) is 13.9. The first kappa shape index (κ1) is 12.9. The molecule has 2 unspecified atom stereocenters. The summed E-state index contributed by atoms with van der Waals surface area (Å²) in [7, 11) is 0. The molecule has 1 aliphatic carbocycles. The third-order valence-corrected chi connectivity index (χ3v) is 4.17. The highest BCUT2D eigenvalue weighted by atomic mass is 16.1. The first-order valence-electron chi connectivity index (χ1n) is 7.10. The predicted octanol–water partition coefficient (Wildman–Crippen LogP) is 4.46. The van der Waals surface area contributed by atoms with Crippen LogP contribution in [-0.4, -0.2) is 5.78 Å². The summed E-state index contributed by atoms with van der Waals surface area (Å²) in [5, 5.41) is 0. The largest absolute Gasteiger partial charge is 0.295 e. The van der Waals surface area contributed by atoms with Gasteiger partial charge in [0.1, 0.15) is 0 Å². The van der Waals surface area contributed by atoms with E-state index >= 15 is 0 Å². The van der Waals surface area contributed by atoms with Crippen molar-refractivity contribution in [1.82, 2.24) is 0 Å². The summed E-state index contributed by atoms with van der Waals surface area (Å²) < 4.78 is 0. The molecule has 3 rings (SSSR count). The monoisotopic (exact) mass is 262 g/mol. The van der Waals surface area contributed by atoms with Crippen LogP contribution in [0.1, 0.15) is 30.4 Å². The van der Waals surface area contributed by atoms with Gasteiger partial charge in [-0.1, -0.05) is 67.6 Å². The third kappa shape index (κ3) is 2.44. The Bertz CT molecular complexity index is 625. The topological polar surface area (TPSA) is 17.1 Å². The standard InChI is InChI=1S/C19H18O/c1-14-18(15-8-4-2-5-9-15)12-17(20)13-19(14)16-10-6-3-7-11-16/h2-12,14,19H,13H2,1H3. The highest BCUT2D eigenvalue weighted by Gasteiger charge is 2.29. The average Bonchev–Trinajstić information content (AvgIpc) is 2.51. The molecular formula is C19H18O. The van der Waals surface area contributed by atoms with Crippen molar-refractivity contribution in [2.75, 3.05) is 0 Å². The van der Waals surface area contributed by atoms with Gasteiger partial charge in [-0.3, -0.25) is 4.79 Å². The van der Waals surface area contributed by atoms with Gasteiger partial charge < -0.3 is 0 Å². The molecule has 1 heteroatoms. The highest BCUT2D eigenvalue weighted by Crippen LogP contribution is 2.40. The minimum absolute atomic E-state index is 0.232. The van der Waals surface area contributed by atoms with Crippen LogP contribution in [0.5, 0.6) is 0 Å². The Balaban J connectivity index is 1.99. The normalized spacial score (nSPS) is 22.4. The van der Waals surface area contributed by atoms with Crippen molar-refractivity contribution in [3.63, 3.8) is 0 Å². The Labute approximate surface area is 120 Å². The second-order valence-corrected chi connectivity index (χ2v) is 5.44. The van der Waals surface area contributed by atoms with Gasteiger partial charge in [0, 0.05) is 6.42 Å². The van der Waals surface area contributed by atoms with Crippen LogP contribution in [0.3, 0.4) is 0 Å². The summed E-state index contributed by atoms with van der Waals surface area (Å²) in [6.07, 6.45) is 2.45. The Morgan fingerprint density at radius 1 is 0.900 bits per heavy atom. The molecule has 0 aromatic heterocycles. The number of carbonyl (C=O) groups excluding carboxylic acids is 1. The fourth-order valence-electron chi connectivity index (χ4n) is 3.06. The highest BCUT2D eigenvalue weighted by molar-refractivity contribution is 5.99. The van der Waals surface area contributed by atoms with E-state index in [0.717, 1.165) is 11.1 Å². The second kappa shape index (κ2) is 5.46. The average molecular weight is 262 g/mol. The molecule has 1 aliphatic rings. The van der Waals surface area contributed by atoms with Crippen LogP contribution in [0.2, 0.25) is 0 Å². The Hall–Kier alpha value is -2.15. The molecule has 20 heavy (non-hydrogen) atoms. The molecule has 2 aromatic carbocycles. The quantitative estimate of drug-likeness (QED) is 0.780. The molecule has 2 atom stereocenters. The van der Waals surface area contributed by atoms with Crippen LogP contribution in [0.25, 0.3) is 5.57 Å². The maximum Gasteiger partial charge on any atom is 0.156 e. The zero-order valence-electron chi connectivity index (χ0n) is 11.6. The zero-order valence-corrected chi connectivity index (χ0v) is 11.6. The van der Waals surface area contributed by atoms with E-state index in [9.17, 15) is 4.79 Å². The lowest BCUT2D eigenvalue weighted by Crippen LogP contribution is -2.20. The summed E-state index contributed by atoms with van der Waals surface area (Å²) in [6.45, 7) is 2.23. The van der Waals surface area contributed by atoms with E-state index in [1.807, 2.05) is 42.5 Å². The maximum absolute atomic E-state index is 12.1. The van der Waals surface area contributed by atoms with Gasteiger partial charge in [0.05, 0.1) is 0 Å². The fourth-order valence-corrected chi connectivity index (χ4v) is 3.06. The van der Waals surface area contributed by atoms with E-state index in [0.29, 0.717) is 12.3 Å². The number of allylic oxidation sites excluding steroid dienone is 2. The van der Waals surface area contributed by atoms with Crippen molar-refractivity contribution in [2.45, 2.75) is 19.3 Å². The minimum atomic E-state index is 0.232. The summed E-state index contributed by atoms with van der Waals surface area (Å²) in [5.74, 6) is 0.872. The van der Waals surface area contributed by atoms with Crippen LogP contribution in [-0.2, 0) is 4.79 Å². The SMILES string of the molecule is CC1C(c2ccccc2)=CC(=O)CC1c1ccccc1. The number of hydrogen-bond donors (Lipinski definition) is 0. The maximum atomic E-state index is 12.1. The number of rotatable bonds is 2. The van der Waals surface area contributed by atoms with Crippen LogP contribution in [0.4, 0.5) is 0 Å². The number of benzene rings is 2. The Morgan fingerprint density at radius 3 is 2.15 bits per heavy atom. The molecule has 0 spiro atoms. The summed E-state index contributed by atoms with van der Waals surface area (Å²) in [6, 6.07) is 20.6. The van der Waals surface area contributed by atoms with Crippen molar-refractivity contribution in [3.8, 4) is 0 Å². The first-order chi connectivity index (χ1) is 9.75. The lowest BCUT2D eigenvalue weighted by Gasteiger charge is -2.30. The van der Waals surface area contributed by atoms with E-state index in [1.165, 1.54) is 5.56 Å². The van der Waals surface area contributed by atoms with Gasteiger partial charge in [0.15, 0.2) is 5.78 Å². The molecule has 1 nitrogen and oxygen atoms in total. The Morgan fingerprint density at radius 2 is 1.50 bits per heavy atom. The summed E-state index contributed by atoms with van der Waals surface area (Å²) in [5.41, 5.74) is 3.58.